The zero-order valence-electron chi connectivity index (χ0n) is 12.1. The molecule has 0 radical (unpaired) electrons. The topological polar surface area (TPSA) is 45.5 Å². The molecule has 1 fully saturated rings. The Balaban J connectivity index is 1.71. The van der Waals surface area contributed by atoms with Crippen LogP contribution in [0.15, 0.2) is 48.8 Å². The predicted molar refractivity (Wildman–Crippen MR) is 81.5 cm³/mol. The van der Waals surface area contributed by atoms with E-state index in [1.54, 1.807) is 4.90 Å². The lowest BCUT2D eigenvalue weighted by Crippen LogP contribution is -2.39. The average Bonchev–Trinajstić information content (AvgIpc) is 2.99. The van der Waals surface area contributed by atoms with Crippen LogP contribution in [0.1, 0.15) is 23.2 Å². The minimum absolute atomic E-state index is 0.0328. The summed E-state index contributed by atoms with van der Waals surface area (Å²) in [4.78, 5) is 14.2. The SMILES string of the molecule is CN(CC1CC(O)C1)C(=O)c1cccc(-n2cccc2)c1. The molecular formula is C17H20N2O2. The van der Waals surface area contributed by atoms with Crippen LogP contribution in [0.5, 0.6) is 0 Å². The molecule has 1 aromatic carbocycles. The number of hydrogen-bond donors (Lipinski definition) is 1. The van der Waals surface area contributed by atoms with Gasteiger partial charge in [0.2, 0.25) is 0 Å². The first-order valence-corrected chi connectivity index (χ1v) is 7.30. The van der Waals surface area contributed by atoms with Crippen molar-refractivity contribution in [2.24, 2.45) is 5.92 Å². The van der Waals surface area contributed by atoms with Crippen molar-refractivity contribution in [3.05, 3.63) is 54.4 Å². The molecule has 0 aliphatic heterocycles. The fourth-order valence-corrected chi connectivity index (χ4v) is 2.85. The van der Waals surface area contributed by atoms with Gasteiger partial charge in [-0.2, -0.15) is 0 Å². The second-order valence-electron chi connectivity index (χ2n) is 5.82. The molecule has 4 nitrogen and oxygen atoms in total. The highest BCUT2D eigenvalue weighted by Crippen LogP contribution is 2.28. The largest absolute Gasteiger partial charge is 0.393 e. The van der Waals surface area contributed by atoms with Gasteiger partial charge in [-0.1, -0.05) is 6.07 Å². The van der Waals surface area contributed by atoms with Gasteiger partial charge in [-0.25, -0.2) is 0 Å². The van der Waals surface area contributed by atoms with Crippen LogP contribution < -0.4 is 0 Å². The highest BCUT2D eigenvalue weighted by molar-refractivity contribution is 5.94. The molecule has 2 aromatic rings. The maximum Gasteiger partial charge on any atom is 0.253 e. The van der Waals surface area contributed by atoms with Gasteiger partial charge in [-0.3, -0.25) is 4.79 Å². The maximum atomic E-state index is 12.5. The van der Waals surface area contributed by atoms with Crippen molar-refractivity contribution in [2.45, 2.75) is 18.9 Å². The number of carbonyl (C=O) groups is 1. The predicted octanol–water partition coefficient (Wildman–Crippen LogP) is 2.32. The van der Waals surface area contributed by atoms with Crippen LogP contribution in [0.3, 0.4) is 0 Å². The zero-order valence-corrected chi connectivity index (χ0v) is 12.1. The van der Waals surface area contributed by atoms with Crippen LogP contribution in [0.2, 0.25) is 0 Å². The van der Waals surface area contributed by atoms with E-state index in [1.165, 1.54) is 0 Å². The molecule has 1 amide bonds. The van der Waals surface area contributed by atoms with Gasteiger partial charge in [0.05, 0.1) is 6.10 Å². The van der Waals surface area contributed by atoms with Crippen LogP contribution in [0.25, 0.3) is 5.69 Å². The minimum Gasteiger partial charge on any atom is -0.393 e. The van der Waals surface area contributed by atoms with Crippen molar-refractivity contribution in [3.63, 3.8) is 0 Å². The Labute approximate surface area is 124 Å². The molecule has 1 aromatic heterocycles. The normalized spacial score (nSPS) is 20.9. The fraction of sp³-hybridized carbons (Fsp3) is 0.353. The van der Waals surface area contributed by atoms with Crippen molar-refractivity contribution < 1.29 is 9.90 Å². The summed E-state index contributed by atoms with van der Waals surface area (Å²) >= 11 is 0. The van der Waals surface area contributed by atoms with E-state index in [4.69, 9.17) is 0 Å². The first kappa shape index (κ1) is 13.9. The number of benzene rings is 1. The fourth-order valence-electron chi connectivity index (χ4n) is 2.85. The van der Waals surface area contributed by atoms with E-state index in [-0.39, 0.29) is 12.0 Å². The molecule has 0 spiro atoms. The van der Waals surface area contributed by atoms with Gasteiger partial charge in [0.25, 0.3) is 5.91 Å². The van der Waals surface area contributed by atoms with Gasteiger partial charge in [0.1, 0.15) is 0 Å². The van der Waals surface area contributed by atoms with Crippen molar-refractivity contribution >= 4 is 5.91 Å². The highest BCUT2D eigenvalue weighted by atomic mass is 16.3. The third kappa shape index (κ3) is 3.00. The molecule has 0 atom stereocenters. The summed E-state index contributed by atoms with van der Waals surface area (Å²) in [5.41, 5.74) is 1.68. The highest BCUT2D eigenvalue weighted by Gasteiger charge is 2.29. The van der Waals surface area contributed by atoms with E-state index < -0.39 is 0 Å². The molecule has 4 heteroatoms. The summed E-state index contributed by atoms with van der Waals surface area (Å²) in [6.07, 6.45) is 5.37. The van der Waals surface area contributed by atoms with Gasteiger partial charge in [0.15, 0.2) is 0 Å². The van der Waals surface area contributed by atoms with Crippen LogP contribution in [0, 0.1) is 5.92 Å². The standard InChI is InChI=1S/C17H20N2O2/c1-18(12-13-9-16(20)10-13)17(21)14-5-4-6-15(11-14)19-7-2-3-8-19/h2-8,11,13,16,20H,9-10,12H2,1H3. The quantitative estimate of drug-likeness (QED) is 0.936. The van der Waals surface area contributed by atoms with Crippen LogP contribution in [-0.2, 0) is 0 Å². The number of aliphatic hydroxyl groups excluding tert-OH is 1. The molecule has 1 saturated carbocycles. The van der Waals surface area contributed by atoms with Crippen molar-refractivity contribution in [1.82, 2.24) is 9.47 Å². The minimum atomic E-state index is -0.171. The monoisotopic (exact) mass is 284 g/mol. The maximum absolute atomic E-state index is 12.5. The van der Waals surface area contributed by atoms with Gasteiger partial charge in [-0.05, 0) is 49.1 Å². The Hall–Kier alpha value is -2.07. The summed E-state index contributed by atoms with van der Waals surface area (Å²) in [5, 5.41) is 9.32. The first-order valence-electron chi connectivity index (χ1n) is 7.30. The van der Waals surface area contributed by atoms with Gasteiger partial charge in [-0.15, -0.1) is 0 Å². The Morgan fingerprint density at radius 3 is 2.67 bits per heavy atom. The average molecular weight is 284 g/mol. The van der Waals surface area contributed by atoms with E-state index >= 15 is 0 Å². The number of hydrogen-bond acceptors (Lipinski definition) is 2. The Bertz CT molecular complexity index is 615. The van der Waals surface area contributed by atoms with Gasteiger partial charge >= 0.3 is 0 Å². The van der Waals surface area contributed by atoms with Crippen molar-refractivity contribution in [1.29, 1.82) is 0 Å². The molecule has 0 bridgehead atoms. The number of rotatable bonds is 4. The molecule has 0 unspecified atom stereocenters. The van der Waals surface area contributed by atoms with E-state index in [1.807, 2.05) is 60.4 Å². The van der Waals surface area contributed by atoms with E-state index in [9.17, 15) is 9.90 Å². The van der Waals surface area contributed by atoms with Crippen LogP contribution >= 0.6 is 0 Å². The molecule has 1 N–H and O–H groups in total. The Morgan fingerprint density at radius 1 is 1.29 bits per heavy atom. The first-order chi connectivity index (χ1) is 10.1. The third-order valence-electron chi connectivity index (χ3n) is 4.09. The second kappa shape index (κ2) is 5.74. The number of nitrogens with zero attached hydrogens (tertiary/aromatic N) is 2. The van der Waals surface area contributed by atoms with Crippen molar-refractivity contribution in [3.8, 4) is 5.69 Å². The molecular weight excluding hydrogens is 264 g/mol. The van der Waals surface area contributed by atoms with E-state index in [2.05, 4.69) is 0 Å². The summed E-state index contributed by atoms with van der Waals surface area (Å²) < 4.78 is 1.99. The number of carbonyl (C=O) groups excluding carboxylic acids is 1. The van der Waals surface area contributed by atoms with Gasteiger partial charge in [0, 0.05) is 37.2 Å². The molecule has 21 heavy (non-hydrogen) atoms. The van der Waals surface area contributed by atoms with E-state index in [0.717, 1.165) is 18.5 Å². The Morgan fingerprint density at radius 2 is 2.00 bits per heavy atom. The van der Waals surface area contributed by atoms with Crippen LogP contribution in [-0.4, -0.2) is 40.2 Å². The molecule has 1 aliphatic rings. The Kier molecular flexibility index (Phi) is 3.80. The molecule has 1 heterocycles. The number of amides is 1. The third-order valence-corrected chi connectivity index (χ3v) is 4.09. The lowest BCUT2D eigenvalue weighted by Gasteiger charge is -2.34. The molecule has 3 rings (SSSR count). The summed E-state index contributed by atoms with van der Waals surface area (Å²) in [5.74, 6) is 0.465. The second-order valence-corrected chi connectivity index (χ2v) is 5.82. The summed E-state index contributed by atoms with van der Waals surface area (Å²) in [6, 6.07) is 11.6. The van der Waals surface area contributed by atoms with Crippen molar-refractivity contribution in [2.75, 3.05) is 13.6 Å². The summed E-state index contributed by atoms with van der Waals surface area (Å²) in [7, 11) is 1.83. The number of aliphatic hydroxyl groups is 1. The van der Waals surface area contributed by atoms with E-state index in [0.29, 0.717) is 18.0 Å². The molecule has 0 saturated heterocycles. The molecule has 110 valence electrons. The van der Waals surface area contributed by atoms with Crippen LogP contribution in [0.4, 0.5) is 0 Å². The van der Waals surface area contributed by atoms with Gasteiger partial charge < -0.3 is 14.6 Å². The lowest BCUT2D eigenvalue weighted by atomic mass is 9.82. The molecule has 1 aliphatic carbocycles. The lowest BCUT2D eigenvalue weighted by molar-refractivity contribution is 0.0265. The number of aromatic nitrogens is 1. The smallest absolute Gasteiger partial charge is 0.253 e. The summed E-state index contributed by atoms with van der Waals surface area (Å²) in [6.45, 7) is 0.712. The zero-order chi connectivity index (χ0) is 14.8.